The van der Waals surface area contributed by atoms with E-state index in [9.17, 15) is 13.0 Å². The summed E-state index contributed by atoms with van der Waals surface area (Å²) >= 11 is 3.39. The molecule has 0 aliphatic carbocycles. The standard InChI is InChI=1S/C14H13BrN2O3S/c1-10(11-3-2-4-12(15)9-11)16-17-13-5-7-14(8-6-13)21(18,19)20/h2-9,17H,1H3,(H,18,19,20)/p-1/b16-10-. The summed E-state index contributed by atoms with van der Waals surface area (Å²) in [6, 6.07) is 13.2. The summed E-state index contributed by atoms with van der Waals surface area (Å²) in [6.07, 6.45) is 0. The predicted octanol–water partition coefficient (Wildman–Crippen LogP) is 3.19. The highest BCUT2D eigenvalue weighted by molar-refractivity contribution is 9.10. The smallest absolute Gasteiger partial charge is 0.124 e. The van der Waals surface area contributed by atoms with Crippen molar-refractivity contribution in [3.63, 3.8) is 0 Å². The largest absolute Gasteiger partial charge is 0.744 e. The number of anilines is 1. The van der Waals surface area contributed by atoms with Crippen LogP contribution in [0.4, 0.5) is 5.69 Å². The SMILES string of the molecule is C/C(=N/Nc1ccc(S(=O)(=O)[O-])cc1)c1cccc(Br)c1. The average molecular weight is 368 g/mol. The summed E-state index contributed by atoms with van der Waals surface area (Å²) in [6.45, 7) is 1.85. The molecule has 0 aliphatic rings. The summed E-state index contributed by atoms with van der Waals surface area (Å²) in [5.41, 5.74) is 5.14. The van der Waals surface area contributed by atoms with Gasteiger partial charge in [0.05, 0.1) is 16.3 Å². The van der Waals surface area contributed by atoms with Gasteiger partial charge in [-0.25, -0.2) is 8.42 Å². The van der Waals surface area contributed by atoms with Crippen LogP contribution in [0.5, 0.6) is 0 Å². The van der Waals surface area contributed by atoms with Gasteiger partial charge in [0.1, 0.15) is 10.1 Å². The number of halogens is 1. The van der Waals surface area contributed by atoms with Crippen LogP contribution in [0.25, 0.3) is 0 Å². The van der Waals surface area contributed by atoms with Gasteiger partial charge in [-0.05, 0) is 48.9 Å². The molecule has 7 heteroatoms. The zero-order chi connectivity index (χ0) is 15.5. The highest BCUT2D eigenvalue weighted by Crippen LogP contribution is 2.15. The third-order valence-electron chi connectivity index (χ3n) is 2.74. The first-order valence-electron chi connectivity index (χ1n) is 5.98. The molecule has 0 fully saturated rings. The summed E-state index contributed by atoms with van der Waals surface area (Å²) in [7, 11) is -4.42. The highest BCUT2D eigenvalue weighted by atomic mass is 79.9. The first kappa shape index (κ1) is 15.7. The third-order valence-corrected chi connectivity index (χ3v) is 4.08. The Morgan fingerprint density at radius 1 is 1.19 bits per heavy atom. The molecule has 0 aliphatic heterocycles. The lowest BCUT2D eigenvalue weighted by atomic mass is 10.1. The minimum absolute atomic E-state index is 0.263. The minimum atomic E-state index is -4.42. The molecule has 0 bridgehead atoms. The number of hydrogen-bond donors (Lipinski definition) is 1. The summed E-state index contributed by atoms with van der Waals surface area (Å²) in [4.78, 5) is -0.263. The number of hydrazone groups is 1. The molecule has 5 nitrogen and oxygen atoms in total. The summed E-state index contributed by atoms with van der Waals surface area (Å²) < 4.78 is 33.4. The van der Waals surface area contributed by atoms with Crippen LogP contribution in [-0.2, 0) is 10.1 Å². The van der Waals surface area contributed by atoms with Crippen LogP contribution in [-0.4, -0.2) is 18.7 Å². The van der Waals surface area contributed by atoms with Crippen molar-refractivity contribution in [1.29, 1.82) is 0 Å². The van der Waals surface area contributed by atoms with Crippen molar-refractivity contribution in [2.75, 3.05) is 5.43 Å². The van der Waals surface area contributed by atoms with Gasteiger partial charge in [0, 0.05) is 4.47 Å². The van der Waals surface area contributed by atoms with E-state index in [1.165, 1.54) is 24.3 Å². The molecule has 2 aromatic rings. The van der Waals surface area contributed by atoms with Gasteiger partial charge >= 0.3 is 0 Å². The highest BCUT2D eigenvalue weighted by Gasteiger charge is 2.01. The maximum Gasteiger partial charge on any atom is 0.124 e. The Labute approximate surface area is 131 Å². The third kappa shape index (κ3) is 4.38. The monoisotopic (exact) mass is 367 g/mol. The van der Waals surface area contributed by atoms with E-state index in [4.69, 9.17) is 0 Å². The van der Waals surface area contributed by atoms with Crippen molar-refractivity contribution in [3.8, 4) is 0 Å². The normalized spacial score (nSPS) is 12.2. The number of rotatable bonds is 4. The fourth-order valence-electron chi connectivity index (χ4n) is 1.62. The van der Waals surface area contributed by atoms with Crippen molar-refractivity contribution in [2.24, 2.45) is 5.10 Å². The molecule has 1 N–H and O–H groups in total. The molecule has 0 unspecified atom stereocenters. The van der Waals surface area contributed by atoms with E-state index in [0.29, 0.717) is 5.69 Å². The Kier molecular flexibility index (Phi) is 4.76. The van der Waals surface area contributed by atoms with Crippen molar-refractivity contribution in [2.45, 2.75) is 11.8 Å². The van der Waals surface area contributed by atoms with Gasteiger partial charge in [-0.2, -0.15) is 5.10 Å². The topological polar surface area (TPSA) is 81.6 Å². The maximum absolute atomic E-state index is 10.8. The quantitative estimate of drug-likeness (QED) is 0.511. The van der Waals surface area contributed by atoms with Crippen LogP contribution in [0.1, 0.15) is 12.5 Å². The van der Waals surface area contributed by atoms with Crippen molar-refractivity contribution < 1.29 is 13.0 Å². The lowest BCUT2D eigenvalue weighted by molar-refractivity contribution is 0.463. The molecule has 2 rings (SSSR count). The van der Waals surface area contributed by atoms with Gasteiger partial charge < -0.3 is 4.55 Å². The predicted molar refractivity (Wildman–Crippen MR) is 84.4 cm³/mol. The average Bonchev–Trinajstić information content (AvgIpc) is 2.44. The Morgan fingerprint density at radius 3 is 2.43 bits per heavy atom. The van der Waals surface area contributed by atoms with E-state index < -0.39 is 10.1 Å². The first-order chi connectivity index (χ1) is 9.86. The number of hydrogen-bond acceptors (Lipinski definition) is 5. The van der Waals surface area contributed by atoms with Gasteiger partial charge in [-0.3, -0.25) is 5.43 Å². The van der Waals surface area contributed by atoms with Crippen LogP contribution in [0.2, 0.25) is 0 Å². The Balaban J connectivity index is 2.14. The fourth-order valence-corrected chi connectivity index (χ4v) is 2.49. The first-order valence-corrected chi connectivity index (χ1v) is 8.18. The molecule has 0 amide bonds. The molecule has 21 heavy (non-hydrogen) atoms. The summed E-state index contributed by atoms with van der Waals surface area (Å²) in [5.74, 6) is 0. The molecule has 0 saturated carbocycles. The number of nitrogens with one attached hydrogen (secondary N) is 1. The van der Waals surface area contributed by atoms with E-state index in [1.54, 1.807) is 0 Å². The van der Waals surface area contributed by atoms with Crippen LogP contribution in [0, 0.1) is 0 Å². The lowest BCUT2D eigenvalue weighted by Gasteiger charge is -2.08. The Bertz CT molecular complexity index is 771. The number of benzene rings is 2. The van der Waals surface area contributed by atoms with Crippen LogP contribution < -0.4 is 5.43 Å². The molecule has 0 saturated heterocycles. The second kappa shape index (κ2) is 6.38. The number of nitrogens with zero attached hydrogens (tertiary/aromatic N) is 1. The zero-order valence-corrected chi connectivity index (χ0v) is 13.5. The molecule has 0 atom stereocenters. The molecule has 0 aromatic heterocycles. The van der Waals surface area contributed by atoms with Crippen molar-refractivity contribution in [3.05, 3.63) is 58.6 Å². The molecule has 0 heterocycles. The van der Waals surface area contributed by atoms with E-state index in [2.05, 4.69) is 26.5 Å². The van der Waals surface area contributed by atoms with Gasteiger partial charge in [-0.1, -0.05) is 28.1 Å². The van der Waals surface area contributed by atoms with Crippen LogP contribution >= 0.6 is 15.9 Å². The van der Waals surface area contributed by atoms with Crippen LogP contribution in [0.15, 0.2) is 63.0 Å². The van der Waals surface area contributed by atoms with E-state index in [0.717, 1.165) is 15.7 Å². The molecular weight excluding hydrogens is 356 g/mol. The fraction of sp³-hybridized carbons (Fsp3) is 0.0714. The zero-order valence-electron chi connectivity index (χ0n) is 11.1. The van der Waals surface area contributed by atoms with Gasteiger partial charge in [-0.15, -0.1) is 0 Å². The second-order valence-corrected chi connectivity index (χ2v) is 6.59. The molecule has 2 aromatic carbocycles. The minimum Gasteiger partial charge on any atom is -0.744 e. The molecule has 0 radical (unpaired) electrons. The maximum atomic E-state index is 10.8. The van der Waals surface area contributed by atoms with E-state index in [-0.39, 0.29) is 4.90 Å². The Hall–Kier alpha value is -1.70. The van der Waals surface area contributed by atoms with Gasteiger partial charge in [0.2, 0.25) is 0 Å². The molecule has 110 valence electrons. The van der Waals surface area contributed by atoms with Gasteiger partial charge in [0.25, 0.3) is 0 Å². The van der Waals surface area contributed by atoms with Crippen molar-refractivity contribution in [1.82, 2.24) is 0 Å². The molecule has 0 spiro atoms. The van der Waals surface area contributed by atoms with Gasteiger partial charge in [0.15, 0.2) is 0 Å². The van der Waals surface area contributed by atoms with E-state index in [1.807, 2.05) is 31.2 Å². The second-order valence-electron chi connectivity index (χ2n) is 4.30. The van der Waals surface area contributed by atoms with Crippen LogP contribution in [0.3, 0.4) is 0 Å². The van der Waals surface area contributed by atoms with Crippen molar-refractivity contribution >= 4 is 37.4 Å². The van der Waals surface area contributed by atoms with E-state index >= 15 is 0 Å². The lowest BCUT2D eigenvalue weighted by Crippen LogP contribution is -2.01. The Morgan fingerprint density at radius 2 is 1.86 bits per heavy atom. The molecular formula is C14H12BrN2O3S-. The summed E-state index contributed by atoms with van der Waals surface area (Å²) in [5, 5.41) is 4.22.